The molecule has 0 unspecified atom stereocenters. The van der Waals surface area contributed by atoms with Gasteiger partial charge in [-0.1, -0.05) is 0 Å². The molecule has 6 heteroatoms. The van der Waals surface area contributed by atoms with E-state index in [1.54, 1.807) is 6.07 Å². The maximum atomic E-state index is 13.0. The molecule has 1 aromatic heterocycles. The van der Waals surface area contributed by atoms with Gasteiger partial charge in [-0.3, -0.25) is 0 Å². The fourth-order valence-corrected chi connectivity index (χ4v) is 2.21. The van der Waals surface area contributed by atoms with Crippen molar-refractivity contribution < 1.29 is 8.78 Å². The van der Waals surface area contributed by atoms with Gasteiger partial charge in [0.1, 0.15) is 11.6 Å². The van der Waals surface area contributed by atoms with Crippen LogP contribution in [0.1, 0.15) is 11.5 Å². The van der Waals surface area contributed by atoms with E-state index in [1.165, 1.54) is 17.8 Å². The first-order valence-corrected chi connectivity index (χ1v) is 6.21. The average Bonchev–Trinajstić information content (AvgIpc) is 2.29. The van der Waals surface area contributed by atoms with Gasteiger partial charge in [0.15, 0.2) is 11.6 Å². The lowest BCUT2D eigenvalue weighted by molar-refractivity contribution is 0.506. The molecule has 1 aromatic carbocycles. The third kappa shape index (κ3) is 3.16. The highest BCUT2D eigenvalue weighted by Gasteiger charge is 2.05. The smallest absolute Gasteiger partial charge is 0.159 e. The molecule has 0 fully saturated rings. The Morgan fingerprint density at radius 1 is 1.17 bits per heavy atom. The van der Waals surface area contributed by atoms with Crippen LogP contribution >= 0.6 is 11.8 Å². The normalized spacial score (nSPS) is 10.6. The maximum Gasteiger partial charge on any atom is 0.159 e. The summed E-state index contributed by atoms with van der Waals surface area (Å²) in [5, 5.41) is 0. The molecule has 0 saturated carbocycles. The molecular formula is C12H11F2N3S. The van der Waals surface area contributed by atoms with Gasteiger partial charge in [-0.2, -0.15) is 0 Å². The van der Waals surface area contributed by atoms with Crippen molar-refractivity contribution in [3.63, 3.8) is 0 Å². The Morgan fingerprint density at radius 3 is 2.61 bits per heavy atom. The second-order valence-corrected chi connectivity index (χ2v) is 4.76. The van der Waals surface area contributed by atoms with Crippen LogP contribution in [-0.4, -0.2) is 9.97 Å². The Hall–Kier alpha value is -1.69. The van der Waals surface area contributed by atoms with Gasteiger partial charge in [-0.25, -0.2) is 18.7 Å². The number of hydrogen-bond acceptors (Lipinski definition) is 4. The number of thioether (sulfide) groups is 1. The average molecular weight is 267 g/mol. The predicted molar refractivity (Wildman–Crippen MR) is 67.1 cm³/mol. The number of halogens is 2. The van der Waals surface area contributed by atoms with Crippen LogP contribution in [-0.2, 0) is 5.75 Å². The van der Waals surface area contributed by atoms with Crippen molar-refractivity contribution in [3.05, 3.63) is 47.4 Å². The molecule has 0 aliphatic heterocycles. The third-order valence-corrected chi connectivity index (χ3v) is 3.17. The van der Waals surface area contributed by atoms with Crippen LogP contribution in [0.5, 0.6) is 0 Å². The summed E-state index contributed by atoms with van der Waals surface area (Å²) in [6.45, 7) is 1.82. The fraction of sp³-hybridized carbons (Fsp3) is 0.167. The number of nitrogens with zero attached hydrogens (tertiary/aromatic N) is 2. The molecule has 2 aromatic rings. The molecule has 0 atom stereocenters. The number of benzene rings is 1. The molecule has 94 valence electrons. The summed E-state index contributed by atoms with van der Waals surface area (Å²) in [7, 11) is 0. The summed E-state index contributed by atoms with van der Waals surface area (Å²) in [5.74, 6) is -0.276. The van der Waals surface area contributed by atoms with E-state index in [-0.39, 0.29) is 0 Å². The summed E-state index contributed by atoms with van der Waals surface area (Å²) in [5.41, 5.74) is 6.38. The largest absolute Gasteiger partial charge is 0.384 e. The van der Waals surface area contributed by atoms with Crippen LogP contribution < -0.4 is 5.73 Å². The van der Waals surface area contributed by atoms with Crippen LogP contribution in [0.2, 0.25) is 0 Å². The molecule has 0 amide bonds. The Morgan fingerprint density at radius 2 is 1.94 bits per heavy atom. The molecule has 2 rings (SSSR count). The van der Waals surface area contributed by atoms with Crippen molar-refractivity contribution in [1.29, 1.82) is 0 Å². The molecule has 0 spiro atoms. The molecule has 0 radical (unpaired) electrons. The van der Waals surface area contributed by atoms with Crippen LogP contribution in [0.3, 0.4) is 0 Å². The topological polar surface area (TPSA) is 51.8 Å². The van der Waals surface area contributed by atoms with Gasteiger partial charge in [0.05, 0.1) is 5.75 Å². The number of hydrogen-bond donors (Lipinski definition) is 1. The number of aromatic nitrogens is 2. The zero-order chi connectivity index (χ0) is 13.1. The number of nitrogen functional groups attached to an aromatic ring is 1. The summed E-state index contributed by atoms with van der Waals surface area (Å²) in [6.07, 6.45) is 0. The predicted octanol–water partition coefficient (Wildman–Crippen LogP) is 2.94. The molecule has 0 bridgehead atoms. The highest BCUT2D eigenvalue weighted by atomic mass is 32.2. The first-order valence-electron chi connectivity index (χ1n) is 5.22. The highest BCUT2D eigenvalue weighted by Crippen LogP contribution is 2.23. The minimum Gasteiger partial charge on any atom is -0.384 e. The summed E-state index contributed by atoms with van der Waals surface area (Å²) >= 11 is 1.33. The van der Waals surface area contributed by atoms with E-state index in [2.05, 4.69) is 9.97 Å². The van der Waals surface area contributed by atoms with Crippen molar-refractivity contribution in [2.75, 3.05) is 5.73 Å². The molecule has 3 nitrogen and oxygen atoms in total. The van der Waals surface area contributed by atoms with Gasteiger partial charge in [0.25, 0.3) is 0 Å². The van der Waals surface area contributed by atoms with Crippen LogP contribution in [0.15, 0.2) is 29.2 Å². The van der Waals surface area contributed by atoms with Crippen molar-refractivity contribution in [2.45, 2.75) is 17.6 Å². The van der Waals surface area contributed by atoms with E-state index in [0.717, 1.165) is 17.8 Å². The Labute approximate surface area is 107 Å². The van der Waals surface area contributed by atoms with Gasteiger partial charge in [0.2, 0.25) is 0 Å². The lowest BCUT2D eigenvalue weighted by Gasteiger charge is -2.03. The van der Waals surface area contributed by atoms with Crippen LogP contribution in [0.25, 0.3) is 0 Å². The monoisotopic (exact) mass is 267 g/mol. The maximum absolute atomic E-state index is 13.0. The second-order valence-electron chi connectivity index (χ2n) is 3.72. The molecule has 0 saturated heterocycles. The van der Waals surface area contributed by atoms with E-state index in [0.29, 0.717) is 22.3 Å². The zero-order valence-corrected chi connectivity index (χ0v) is 10.5. The first-order chi connectivity index (χ1) is 8.54. The van der Waals surface area contributed by atoms with E-state index in [1.807, 2.05) is 6.92 Å². The van der Waals surface area contributed by atoms with Gasteiger partial charge in [-0.05, 0) is 25.1 Å². The number of nitrogens with two attached hydrogens (primary N) is 1. The Bertz CT molecular complexity index is 555. The van der Waals surface area contributed by atoms with Crippen molar-refractivity contribution >= 4 is 17.6 Å². The van der Waals surface area contributed by atoms with Crippen molar-refractivity contribution in [3.8, 4) is 0 Å². The Balaban J connectivity index is 2.08. The number of aryl methyl sites for hydroxylation is 1. The van der Waals surface area contributed by atoms with Gasteiger partial charge in [0, 0.05) is 16.7 Å². The lowest BCUT2D eigenvalue weighted by Crippen LogP contribution is -1.99. The van der Waals surface area contributed by atoms with E-state index < -0.39 is 11.6 Å². The summed E-state index contributed by atoms with van der Waals surface area (Å²) in [4.78, 5) is 8.90. The molecule has 18 heavy (non-hydrogen) atoms. The molecular weight excluding hydrogens is 256 g/mol. The fourth-order valence-electron chi connectivity index (χ4n) is 1.44. The number of anilines is 1. The zero-order valence-electron chi connectivity index (χ0n) is 9.65. The minimum absolute atomic E-state index is 0.406. The lowest BCUT2D eigenvalue weighted by atomic mass is 10.3. The Kier molecular flexibility index (Phi) is 3.76. The standard InChI is InChI=1S/C12H11F2N3S/c1-7-4-11(15)17-12(16-7)6-18-8-2-3-9(13)10(14)5-8/h2-5H,6H2,1H3,(H2,15,16,17). The van der Waals surface area contributed by atoms with Gasteiger partial charge < -0.3 is 5.73 Å². The van der Waals surface area contributed by atoms with Crippen LogP contribution in [0, 0.1) is 18.6 Å². The van der Waals surface area contributed by atoms with Crippen molar-refractivity contribution in [1.82, 2.24) is 9.97 Å². The van der Waals surface area contributed by atoms with Gasteiger partial charge >= 0.3 is 0 Å². The first kappa shape index (κ1) is 12.8. The molecule has 0 aliphatic rings. The third-order valence-electron chi connectivity index (χ3n) is 2.18. The SMILES string of the molecule is Cc1cc(N)nc(CSc2ccc(F)c(F)c2)n1. The summed E-state index contributed by atoms with van der Waals surface area (Å²) < 4.78 is 25.7. The van der Waals surface area contributed by atoms with Crippen molar-refractivity contribution in [2.24, 2.45) is 0 Å². The number of rotatable bonds is 3. The molecule has 1 heterocycles. The van der Waals surface area contributed by atoms with E-state index in [9.17, 15) is 8.78 Å². The quantitative estimate of drug-likeness (QED) is 0.869. The van der Waals surface area contributed by atoms with Gasteiger partial charge in [-0.15, -0.1) is 11.8 Å². The minimum atomic E-state index is -0.857. The molecule has 2 N–H and O–H groups in total. The second kappa shape index (κ2) is 5.30. The van der Waals surface area contributed by atoms with Crippen LogP contribution in [0.4, 0.5) is 14.6 Å². The summed E-state index contributed by atoms with van der Waals surface area (Å²) in [6, 6.07) is 5.44. The molecule has 0 aliphatic carbocycles. The van der Waals surface area contributed by atoms with E-state index in [4.69, 9.17) is 5.73 Å². The van der Waals surface area contributed by atoms with E-state index >= 15 is 0 Å². The highest BCUT2D eigenvalue weighted by molar-refractivity contribution is 7.98.